The summed E-state index contributed by atoms with van der Waals surface area (Å²) in [5.74, 6) is 0. The molecule has 0 aliphatic carbocycles. The Bertz CT molecular complexity index is 489. The minimum Gasteiger partial charge on any atom is -0.465 e. The Balaban J connectivity index is 0.00000176. The molecular weight excluding hydrogens is 304 g/mol. The Hall–Kier alpha value is -1.30. The quantitative estimate of drug-likeness (QED) is 0.874. The monoisotopic (exact) mass is 326 g/mol. The van der Waals surface area contributed by atoms with Crippen molar-refractivity contribution in [1.29, 1.82) is 0 Å². The van der Waals surface area contributed by atoms with Crippen LogP contribution in [0, 0.1) is 0 Å². The number of piperidine rings is 1. The Morgan fingerprint density at radius 1 is 1.32 bits per heavy atom. The Morgan fingerprint density at radius 2 is 2.00 bits per heavy atom. The summed E-state index contributed by atoms with van der Waals surface area (Å²) in [4.78, 5) is 12.5. The minimum absolute atomic E-state index is 0. The van der Waals surface area contributed by atoms with Crippen LogP contribution in [0.2, 0.25) is 0 Å². The Kier molecular flexibility index (Phi) is 5.67. The van der Waals surface area contributed by atoms with Crippen molar-refractivity contribution in [3.05, 3.63) is 35.9 Å². The lowest BCUT2D eigenvalue weighted by Gasteiger charge is -2.46. The molecule has 0 aromatic heterocycles. The molecule has 0 saturated carbocycles. The molecule has 22 heavy (non-hydrogen) atoms. The van der Waals surface area contributed by atoms with Crippen molar-refractivity contribution in [2.24, 2.45) is 0 Å². The molecule has 1 atom stereocenters. The van der Waals surface area contributed by atoms with Crippen LogP contribution in [-0.2, 0) is 11.2 Å². The number of hydrogen-bond donors (Lipinski definition) is 2. The van der Waals surface area contributed by atoms with Gasteiger partial charge in [-0.2, -0.15) is 0 Å². The lowest BCUT2D eigenvalue weighted by atomic mass is 9.89. The zero-order valence-corrected chi connectivity index (χ0v) is 13.3. The van der Waals surface area contributed by atoms with Crippen molar-refractivity contribution in [2.75, 3.05) is 26.2 Å². The molecule has 0 radical (unpaired) electrons. The number of hydrogen-bond acceptors (Lipinski definition) is 3. The van der Waals surface area contributed by atoms with E-state index in [0.29, 0.717) is 13.1 Å². The number of amides is 1. The van der Waals surface area contributed by atoms with E-state index >= 15 is 0 Å². The number of carboxylic acid groups (broad SMARTS) is 1. The molecule has 1 aromatic rings. The van der Waals surface area contributed by atoms with Gasteiger partial charge in [0.05, 0.1) is 11.7 Å². The number of likely N-dealkylation sites (tertiary alicyclic amines) is 1. The van der Waals surface area contributed by atoms with Crippen LogP contribution in [0.15, 0.2) is 30.3 Å². The average Bonchev–Trinajstić information content (AvgIpc) is 2.49. The van der Waals surface area contributed by atoms with Gasteiger partial charge in [0.25, 0.3) is 0 Å². The molecule has 3 rings (SSSR count). The molecule has 1 unspecified atom stereocenters. The van der Waals surface area contributed by atoms with Crippen LogP contribution in [0.25, 0.3) is 0 Å². The van der Waals surface area contributed by atoms with Crippen LogP contribution in [0.5, 0.6) is 0 Å². The lowest BCUT2D eigenvalue weighted by Crippen LogP contribution is -2.59. The molecule has 1 aromatic carbocycles. The van der Waals surface area contributed by atoms with Gasteiger partial charge in [-0.05, 0) is 24.8 Å². The first kappa shape index (κ1) is 17.1. The van der Waals surface area contributed by atoms with E-state index in [1.165, 1.54) is 10.5 Å². The standard InChI is InChI=1S/C16H22N2O3.ClH/c19-15(20)18-8-6-16(7-9-18)12-17-11-14(21-16)10-13-4-2-1-3-5-13;/h1-5,14,17H,6-12H2,(H,19,20);1H. The molecule has 122 valence electrons. The maximum Gasteiger partial charge on any atom is 0.407 e. The van der Waals surface area contributed by atoms with Crippen molar-refractivity contribution in [3.8, 4) is 0 Å². The maximum absolute atomic E-state index is 11.0. The second-order valence-electron chi connectivity index (χ2n) is 6.01. The Labute approximate surface area is 137 Å². The molecule has 5 nitrogen and oxygen atoms in total. The van der Waals surface area contributed by atoms with E-state index in [4.69, 9.17) is 9.84 Å². The smallest absolute Gasteiger partial charge is 0.407 e. The first-order valence-electron chi connectivity index (χ1n) is 7.57. The molecule has 2 saturated heterocycles. The number of nitrogens with zero attached hydrogens (tertiary/aromatic N) is 1. The zero-order chi connectivity index (χ0) is 14.7. The first-order chi connectivity index (χ1) is 10.2. The summed E-state index contributed by atoms with van der Waals surface area (Å²) in [6.07, 6.45) is 1.79. The fraction of sp³-hybridized carbons (Fsp3) is 0.562. The van der Waals surface area contributed by atoms with Crippen LogP contribution in [0.1, 0.15) is 18.4 Å². The largest absolute Gasteiger partial charge is 0.465 e. The highest BCUT2D eigenvalue weighted by molar-refractivity contribution is 5.85. The normalized spacial score (nSPS) is 23.8. The van der Waals surface area contributed by atoms with Gasteiger partial charge in [0.1, 0.15) is 0 Å². The summed E-state index contributed by atoms with van der Waals surface area (Å²) in [5.41, 5.74) is 1.09. The number of nitrogens with one attached hydrogen (secondary N) is 1. The third kappa shape index (κ3) is 3.91. The summed E-state index contributed by atoms with van der Waals surface area (Å²) < 4.78 is 6.36. The summed E-state index contributed by atoms with van der Waals surface area (Å²) in [7, 11) is 0. The second-order valence-corrected chi connectivity index (χ2v) is 6.01. The number of benzene rings is 1. The topological polar surface area (TPSA) is 61.8 Å². The molecule has 2 heterocycles. The predicted molar refractivity (Wildman–Crippen MR) is 86.7 cm³/mol. The predicted octanol–water partition coefficient (Wildman–Crippen LogP) is 2.15. The molecule has 2 N–H and O–H groups in total. The third-order valence-corrected chi connectivity index (χ3v) is 4.49. The van der Waals surface area contributed by atoms with Gasteiger partial charge in [-0.3, -0.25) is 0 Å². The minimum atomic E-state index is -0.825. The van der Waals surface area contributed by atoms with E-state index in [9.17, 15) is 4.79 Å². The van der Waals surface area contributed by atoms with Gasteiger partial charge in [-0.15, -0.1) is 12.4 Å². The van der Waals surface area contributed by atoms with Crippen molar-refractivity contribution in [1.82, 2.24) is 10.2 Å². The van der Waals surface area contributed by atoms with Gasteiger partial charge >= 0.3 is 6.09 Å². The van der Waals surface area contributed by atoms with E-state index in [1.807, 2.05) is 18.2 Å². The molecule has 2 fully saturated rings. The van der Waals surface area contributed by atoms with Crippen LogP contribution < -0.4 is 5.32 Å². The summed E-state index contributed by atoms with van der Waals surface area (Å²) >= 11 is 0. The van der Waals surface area contributed by atoms with Gasteiger partial charge in [-0.1, -0.05) is 30.3 Å². The van der Waals surface area contributed by atoms with Crippen molar-refractivity contribution in [2.45, 2.75) is 31.0 Å². The molecular formula is C16H23ClN2O3. The molecule has 2 aliphatic heterocycles. The molecule has 6 heteroatoms. The third-order valence-electron chi connectivity index (χ3n) is 4.49. The first-order valence-corrected chi connectivity index (χ1v) is 7.57. The van der Waals surface area contributed by atoms with Crippen LogP contribution >= 0.6 is 12.4 Å². The van der Waals surface area contributed by atoms with Gasteiger partial charge in [0.15, 0.2) is 0 Å². The average molecular weight is 327 g/mol. The van der Waals surface area contributed by atoms with Crippen molar-refractivity contribution in [3.63, 3.8) is 0 Å². The summed E-state index contributed by atoms with van der Waals surface area (Å²) in [6, 6.07) is 10.4. The summed E-state index contributed by atoms with van der Waals surface area (Å²) in [5, 5.41) is 12.5. The summed E-state index contributed by atoms with van der Waals surface area (Å²) in [6.45, 7) is 2.81. The highest BCUT2D eigenvalue weighted by atomic mass is 35.5. The van der Waals surface area contributed by atoms with Gasteiger partial charge < -0.3 is 20.1 Å². The van der Waals surface area contributed by atoms with Gasteiger partial charge in [0.2, 0.25) is 0 Å². The molecule has 1 spiro atoms. The number of rotatable bonds is 2. The molecule has 0 bridgehead atoms. The zero-order valence-electron chi connectivity index (χ0n) is 12.5. The van der Waals surface area contributed by atoms with Gasteiger partial charge in [-0.25, -0.2) is 4.79 Å². The van der Waals surface area contributed by atoms with Crippen molar-refractivity contribution < 1.29 is 14.6 Å². The van der Waals surface area contributed by atoms with E-state index in [2.05, 4.69) is 17.4 Å². The number of ether oxygens (including phenoxy) is 1. The van der Waals surface area contributed by atoms with E-state index in [0.717, 1.165) is 32.4 Å². The maximum atomic E-state index is 11.0. The highest BCUT2D eigenvalue weighted by Gasteiger charge is 2.40. The second kappa shape index (κ2) is 7.31. The number of carbonyl (C=O) groups is 1. The van der Waals surface area contributed by atoms with Crippen LogP contribution in [0.4, 0.5) is 4.79 Å². The Morgan fingerprint density at radius 3 is 2.64 bits per heavy atom. The highest BCUT2D eigenvalue weighted by Crippen LogP contribution is 2.30. The lowest BCUT2D eigenvalue weighted by molar-refractivity contribution is -0.138. The molecule has 1 amide bonds. The SMILES string of the molecule is Cl.O=C(O)N1CCC2(CC1)CNCC(Cc1ccccc1)O2. The van der Waals surface area contributed by atoms with E-state index in [1.54, 1.807) is 0 Å². The van der Waals surface area contributed by atoms with Crippen molar-refractivity contribution >= 4 is 18.5 Å². The number of halogens is 1. The van der Waals surface area contributed by atoms with E-state index < -0.39 is 6.09 Å². The number of morpholine rings is 1. The van der Waals surface area contributed by atoms with Gasteiger partial charge in [0, 0.05) is 26.2 Å². The van der Waals surface area contributed by atoms with Crippen LogP contribution in [-0.4, -0.2) is 54.0 Å². The molecule has 2 aliphatic rings. The van der Waals surface area contributed by atoms with Crippen LogP contribution in [0.3, 0.4) is 0 Å². The fourth-order valence-corrected chi connectivity index (χ4v) is 3.29. The fourth-order valence-electron chi connectivity index (χ4n) is 3.29. The van der Waals surface area contributed by atoms with E-state index in [-0.39, 0.29) is 24.1 Å².